The lowest BCUT2D eigenvalue weighted by atomic mass is 10.1. The lowest BCUT2D eigenvalue weighted by Crippen LogP contribution is -2.30. The summed E-state index contributed by atoms with van der Waals surface area (Å²) in [5.74, 6) is 0.683. The Bertz CT molecular complexity index is 942. The zero-order valence-electron chi connectivity index (χ0n) is 15.7. The van der Waals surface area contributed by atoms with Crippen LogP contribution in [0.2, 0.25) is 0 Å². The number of methoxy groups -OCH3 is 1. The van der Waals surface area contributed by atoms with Crippen LogP contribution in [-0.4, -0.2) is 31.6 Å². The third kappa shape index (κ3) is 3.65. The first kappa shape index (κ1) is 18.2. The van der Waals surface area contributed by atoms with E-state index in [1.165, 1.54) is 5.56 Å². The average molecular weight is 369 g/mol. The van der Waals surface area contributed by atoms with Gasteiger partial charge in [0.2, 0.25) is 5.91 Å². The minimum atomic E-state index is -0.0613. The smallest absolute Gasteiger partial charge is 0.243 e. The van der Waals surface area contributed by atoms with E-state index in [1.54, 1.807) is 18.4 Å². The number of rotatable bonds is 5. The fourth-order valence-corrected chi connectivity index (χ4v) is 4.02. The van der Waals surface area contributed by atoms with Crippen molar-refractivity contribution in [1.82, 2.24) is 4.98 Å². The molecule has 0 aliphatic heterocycles. The van der Waals surface area contributed by atoms with Crippen LogP contribution in [0.1, 0.15) is 16.7 Å². The number of aromatic nitrogens is 1. The summed E-state index contributed by atoms with van der Waals surface area (Å²) in [5.41, 5.74) is 5.05. The number of likely N-dealkylation sites (N-methyl/N-ethyl adjacent to an activating group) is 1. The van der Waals surface area contributed by atoms with Gasteiger partial charge in [-0.1, -0.05) is 35.1 Å². The number of aryl methyl sites for hydroxylation is 3. The van der Waals surface area contributed by atoms with Crippen molar-refractivity contribution in [3.63, 3.8) is 0 Å². The number of nitrogens with one attached hydrogen (secondary N) is 1. The Morgan fingerprint density at radius 1 is 1.23 bits per heavy atom. The van der Waals surface area contributed by atoms with Gasteiger partial charge in [-0.15, -0.1) is 0 Å². The largest absolute Gasteiger partial charge is 0.494 e. The number of hydrogen-bond donors (Lipinski definition) is 1. The number of thiazole rings is 1. The number of fused-ring (bicyclic) bond motifs is 1. The molecular weight excluding hydrogens is 346 g/mol. The van der Waals surface area contributed by atoms with Gasteiger partial charge in [-0.2, -0.15) is 0 Å². The highest BCUT2D eigenvalue weighted by Crippen LogP contribution is 2.33. The lowest BCUT2D eigenvalue weighted by molar-refractivity contribution is -0.114. The molecule has 0 bridgehead atoms. The molecule has 1 heterocycles. The molecule has 1 aromatic heterocycles. The van der Waals surface area contributed by atoms with E-state index in [2.05, 4.69) is 29.4 Å². The van der Waals surface area contributed by atoms with Gasteiger partial charge in [0.05, 0.1) is 18.4 Å². The Balaban J connectivity index is 1.76. The number of amides is 1. The zero-order valence-corrected chi connectivity index (χ0v) is 16.5. The summed E-state index contributed by atoms with van der Waals surface area (Å²) < 4.78 is 6.40. The third-order valence-corrected chi connectivity index (χ3v) is 5.37. The van der Waals surface area contributed by atoms with Crippen molar-refractivity contribution >= 4 is 38.3 Å². The van der Waals surface area contributed by atoms with Gasteiger partial charge in [-0.3, -0.25) is 4.79 Å². The summed E-state index contributed by atoms with van der Waals surface area (Å²) >= 11 is 1.55. The molecule has 26 heavy (non-hydrogen) atoms. The molecular formula is C20H23N3O2S. The Hall–Kier alpha value is -2.60. The zero-order chi connectivity index (χ0) is 18.8. The summed E-state index contributed by atoms with van der Waals surface area (Å²) in [6.07, 6.45) is 0. The van der Waals surface area contributed by atoms with Crippen molar-refractivity contribution in [1.29, 1.82) is 0 Å². The van der Waals surface area contributed by atoms with E-state index >= 15 is 0 Å². The van der Waals surface area contributed by atoms with E-state index in [-0.39, 0.29) is 12.5 Å². The number of benzene rings is 2. The first-order valence-corrected chi connectivity index (χ1v) is 9.23. The second kappa shape index (κ2) is 7.33. The maximum Gasteiger partial charge on any atom is 0.243 e. The van der Waals surface area contributed by atoms with Crippen molar-refractivity contribution < 1.29 is 9.53 Å². The highest BCUT2D eigenvalue weighted by Gasteiger charge is 2.15. The number of ether oxygens (including phenoxy) is 1. The number of carbonyl (C=O) groups is 1. The van der Waals surface area contributed by atoms with Gasteiger partial charge < -0.3 is 15.0 Å². The van der Waals surface area contributed by atoms with Crippen LogP contribution in [0.4, 0.5) is 10.8 Å². The highest BCUT2D eigenvalue weighted by atomic mass is 32.1. The number of hydrogen-bond acceptors (Lipinski definition) is 5. The fourth-order valence-electron chi connectivity index (χ4n) is 3.08. The highest BCUT2D eigenvalue weighted by molar-refractivity contribution is 7.22. The van der Waals surface area contributed by atoms with E-state index in [0.29, 0.717) is 0 Å². The van der Waals surface area contributed by atoms with Crippen molar-refractivity contribution in [3.8, 4) is 5.75 Å². The van der Waals surface area contributed by atoms with Crippen LogP contribution in [0, 0.1) is 20.8 Å². The molecule has 3 aromatic rings. The molecule has 0 saturated heterocycles. The molecule has 0 fully saturated rings. The molecule has 0 aliphatic carbocycles. The van der Waals surface area contributed by atoms with Crippen LogP contribution in [0.25, 0.3) is 10.2 Å². The average Bonchev–Trinajstić information content (AvgIpc) is 3.02. The Kier molecular flexibility index (Phi) is 5.13. The molecule has 0 unspecified atom stereocenters. The lowest BCUT2D eigenvalue weighted by Gasteiger charge is -2.17. The van der Waals surface area contributed by atoms with Crippen LogP contribution in [0.3, 0.4) is 0 Å². The SMILES string of the molecule is COc1cccc2sc(N(C)CC(=O)Nc3c(C)cc(C)cc3C)nc12. The summed E-state index contributed by atoms with van der Waals surface area (Å²) in [5, 5.41) is 3.82. The Morgan fingerprint density at radius 3 is 2.58 bits per heavy atom. The van der Waals surface area contributed by atoms with Gasteiger partial charge in [0.15, 0.2) is 5.13 Å². The molecule has 0 radical (unpaired) electrons. The van der Waals surface area contributed by atoms with E-state index in [4.69, 9.17) is 4.74 Å². The molecule has 6 heteroatoms. The van der Waals surface area contributed by atoms with Gasteiger partial charge >= 0.3 is 0 Å². The van der Waals surface area contributed by atoms with Crippen LogP contribution < -0.4 is 15.0 Å². The molecule has 0 spiro atoms. The van der Waals surface area contributed by atoms with E-state index in [9.17, 15) is 4.79 Å². The molecule has 2 aromatic carbocycles. The topological polar surface area (TPSA) is 54.5 Å². The normalized spacial score (nSPS) is 10.8. The van der Waals surface area contributed by atoms with Gasteiger partial charge in [0, 0.05) is 12.7 Å². The van der Waals surface area contributed by atoms with Crippen molar-refractivity contribution in [2.45, 2.75) is 20.8 Å². The predicted octanol–water partition coefficient (Wildman–Crippen LogP) is 4.31. The molecule has 0 aliphatic rings. The van der Waals surface area contributed by atoms with Gasteiger partial charge in [0.1, 0.15) is 11.3 Å². The number of anilines is 2. The fraction of sp³-hybridized carbons (Fsp3) is 0.300. The molecule has 5 nitrogen and oxygen atoms in total. The molecule has 3 rings (SSSR count). The van der Waals surface area contributed by atoms with E-state index in [1.807, 2.05) is 44.0 Å². The number of carbonyl (C=O) groups excluding carboxylic acids is 1. The van der Waals surface area contributed by atoms with E-state index < -0.39 is 0 Å². The van der Waals surface area contributed by atoms with Crippen LogP contribution in [0.15, 0.2) is 30.3 Å². The van der Waals surface area contributed by atoms with Crippen molar-refractivity contribution in [2.24, 2.45) is 0 Å². The standard InChI is InChI=1S/C20H23N3O2S/c1-12-9-13(2)18(14(3)10-12)21-17(24)11-23(4)20-22-19-15(25-5)7-6-8-16(19)26-20/h6-10H,11H2,1-5H3,(H,21,24). The number of para-hydroxylation sites is 1. The quantitative estimate of drug-likeness (QED) is 0.728. The summed E-state index contributed by atoms with van der Waals surface area (Å²) in [6, 6.07) is 9.99. The summed E-state index contributed by atoms with van der Waals surface area (Å²) in [4.78, 5) is 19.0. The van der Waals surface area contributed by atoms with Crippen LogP contribution in [-0.2, 0) is 4.79 Å². The monoisotopic (exact) mass is 369 g/mol. The van der Waals surface area contributed by atoms with Crippen molar-refractivity contribution in [3.05, 3.63) is 47.0 Å². The molecule has 1 N–H and O–H groups in total. The first-order chi connectivity index (χ1) is 12.4. The first-order valence-electron chi connectivity index (χ1n) is 8.41. The predicted molar refractivity (Wildman–Crippen MR) is 109 cm³/mol. The molecule has 136 valence electrons. The second-order valence-corrected chi connectivity index (χ2v) is 7.49. The van der Waals surface area contributed by atoms with Crippen molar-refractivity contribution in [2.75, 3.05) is 30.9 Å². The molecule has 0 saturated carbocycles. The number of nitrogens with zero attached hydrogens (tertiary/aromatic N) is 2. The van der Waals surface area contributed by atoms with Gasteiger partial charge in [0.25, 0.3) is 0 Å². The Morgan fingerprint density at radius 2 is 1.92 bits per heavy atom. The van der Waals surface area contributed by atoms with Gasteiger partial charge in [-0.05, 0) is 44.0 Å². The summed E-state index contributed by atoms with van der Waals surface area (Å²) in [7, 11) is 3.51. The minimum Gasteiger partial charge on any atom is -0.494 e. The van der Waals surface area contributed by atoms with Crippen LogP contribution >= 0.6 is 11.3 Å². The maximum absolute atomic E-state index is 12.5. The second-order valence-electron chi connectivity index (χ2n) is 6.48. The van der Waals surface area contributed by atoms with Gasteiger partial charge in [-0.25, -0.2) is 4.98 Å². The van der Waals surface area contributed by atoms with Crippen LogP contribution in [0.5, 0.6) is 5.75 Å². The summed E-state index contributed by atoms with van der Waals surface area (Å²) in [6.45, 7) is 6.31. The molecule has 1 amide bonds. The minimum absolute atomic E-state index is 0.0613. The Labute approximate surface area is 157 Å². The maximum atomic E-state index is 12.5. The molecule has 0 atom stereocenters. The van der Waals surface area contributed by atoms with E-state index in [0.717, 1.165) is 37.9 Å². The third-order valence-electron chi connectivity index (χ3n) is 4.24.